The van der Waals surface area contributed by atoms with Crippen molar-refractivity contribution in [2.45, 2.75) is 52.7 Å². The van der Waals surface area contributed by atoms with Crippen LogP contribution in [-0.2, 0) is 27.3 Å². The lowest BCUT2D eigenvalue weighted by Crippen LogP contribution is -2.37. The minimum Gasteiger partial charge on any atom is -0.436 e. The van der Waals surface area contributed by atoms with Crippen molar-refractivity contribution < 1.29 is 23.5 Å². The fraction of sp³-hybridized carbons (Fsp3) is 0.448. The Morgan fingerprint density at radius 1 is 1.17 bits per heavy atom. The molecule has 12 nitrogen and oxygen atoms in total. The molecule has 3 rings (SSSR count). The summed E-state index contributed by atoms with van der Waals surface area (Å²) in [6.07, 6.45) is 4.43. The number of benzene rings is 1. The van der Waals surface area contributed by atoms with Crippen molar-refractivity contribution in [2.24, 2.45) is 5.41 Å². The maximum absolute atomic E-state index is 14.3. The lowest BCUT2D eigenvalue weighted by molar-refractivity contribution is -0.125. The van der Waals surface area contributed by atoms with Gasteiger partial charge in [-0.1, -0.05) is 26.8 Å². The first kappa shape index (κ1) is 32.0. The predicted octanol–water partition coefficient (Wildman–Crippen LogP) is 3.33. The number of aromatic amines is 1. The number of fused-ring (bicyclic) bond motifs is 1. The monoisotopic (exact) mass is 583 g/mol. The summed E-state index contributed by atoms with van der Waals surface area (Å²) in [5.41, 5.74) is 1.15. The van der Waals surface area contributed by atoms with Gasteiger partial charge in [0.2, 0.25) is 5.91 Å². The number of carbonyl (C=O) groups excluding carboxylic acids is 3. The Hall–Kier alpha value is -4.55. The van der Waals surface area contributed by atoms with Crippen LogP contribution < -0.4 is 10.9 Å². The van der Waals surface area contributed by atoms with Gasteiger partial charge in [0.15, 0.2) is 6.10 Å². The molecule has 0 aliphatic rings. The quantitative estimate of drug-likeness (QED) is 0.349. The van der Waals surface area contributed by atoms with Crippen molar-refractivity contribution in [3.05, 3.63) is 64.4 Å². The number of imidazole rings is 1. The average molecular weight is 584 g/mol. The molecule has 3 aromatic rings. The molecule has 0 spiro atoms. The van der Waals surface area contributed by atoms with Gasteiger partial charge in [-0.05, 0) is 42.4 Å². The van der Waals surface area contributed by atoms with Crippen molar-refractivity contribution >= 4 is 34.6 Å². The summed E-state index contributed by atoms with van der Waals surface area (Å²) in [5.74, 6) is -0.930. The highest BCUT2D eigenvalue weighted by atomic mass is 19.1. The number of allylic oxidation sites excluding steroid dienone is 1. The number of likely N-dealkylation sites (N-methyl/N-ethyl adjacent to an activating group) is 1. The predicted molar refractivity (Wildman–Crippen MR) is 156 cm³/mol. The molecule has 0 saturated heterocycles. The minimum atomic E-state index is -1.24. The number of halogens is 1. The molecule has 0 aliphatic heterocycles. The van der Waals surface area contributed by atoms with E-state index in [2.05, 4.69) is 41.0 Å². The number of amides is 3. The fourth-order valence-electron chi connectivity index (χ4n) is 4.06. The molecule has 2 heterocycles. The highest BCUT2D eigenvalue weighted by molar-refractivity contribution is 5.95. The fourth-order valence-corrected chi connectivity index (χ4v) is 4.06. The molecule has 3 amide bonds. The molecule has 0 saturated carbocycles. The molecule has 226 valence electrons. The molecule has 0 radical (unpaired) electrons. The van der Waals surface area contributed by atoms with Crippen LogP contribution in [0.3, 0.4) is 0 Å². The minimum absolute atomic E-state index is 0.00938. The molecule has 0 fully saturated rings. The van der Waals surface area contributed by atoms with Crippen molar-refractivity contribution in [1.29, 1.82) is 0 Å². The summed E-state index contributed by atoms with van der Waals surface area (Å²) < 4.78 is 20.9. The molecular formula is C29H38FN7O5. The van der Waals surface area contributed by atoms with Gasteiger partial charge in [-0.3, -0.25) is 19.0 Å². The Bertz CT molecular complexity index is 1540. The summed E-state index contributed by atoms with van der Waals surface area (Å²) in [4.78, 5) is 64.6. The Morgan fingerprint density at radius 2 is 1.88 bits per heavy atom. The second-order valence-corrected chi connectivity index (χ2v) is 11.6. The second-order valence-electron chi connectivity index (χ2n) is 11.6. The molecule has 1 aromatic carbocycles. The number of rotatable bonds is 10. The van der Waals surface area contributed by atoms with Crippen LogP contribution in [0.5, 0.6) is 0 Å². The summed E-state index contributed by atoms with van der Waals surface area (Å²) >= 11 is 0. The van der Waals surface area contributed by atoms with Crippen molar-refractivity contribution in [3.63, 3.8) is 0 Å². The Morgan fingerprint density at radius 3 is 2.52 bits per heavy atom. The molecule has 1 atom stereocenters. The van der Waals surface area contributed by atoms with Crippen LogP contribution in [0.2, 0.25) is 0 Å². The van der Waals surface area contributed by atoms with E-state index in [0.29, 0.717) is 23.3 Å². The molecule has 13 heteroatoms. The number of hydrogen-bond donors (Lipinski definition) is 2. The lowest BCUT2D eigenvalue weighted by Gasteiger charge is -2.19. The van der Waals surface area contributed by atoms with Crippen LogP contribution in [0.25, 0.3) is 11.0 Å². The van der Waals surface area contributed by atoms with E-state index in [4.69, 9.17) is 4.74 Å². The maximum Gasteiger partial charge on any atom is 0.410 e. The Labute approximate surface area is 243 Å². The van der Waals surface area contributed by atoms with Crippen LogP contribution >= 0.6 is 0 Å². The van der Waals surface area contributed by atoms with Crippen molar-refractivity contribution in [2.75, 3.05) is 33.5 Å². The third-order valence-corrected chi connectivity index (χ3v) is 6.09. The smallest absolute Gasteiger partial charge is 0.410 e. The molecule has 2 N–H and O–H groups in total. The summed E-state index contributed by atoms with van der Waals surface area (Å²) in [6.45, 7) is 6.16. The van der Waals surface area contributed by atoms with Gasteiger partial charge < -0.3 is 24.8 Å². The zero-order valence-corrected chi connectivity index (χ0v) is 25.0. The number of nitrogens with zero attached hydrogens (tertiary/aromatic N) is 5. The number of carbonyl (C=O) groups is 3. The molecule has 1 unspecified atom stereocenters. The lowest BCUT2D eigenvalue weighted by atomic mass is 9.87. The van der Waals surface area contributed by atoms with E-state index in [9.17, 15) is 23.6 Å². The second kappa shape index (κ2) is 13.4. The number of aromatic nitrogens is 4. The van der Waals surface area contributed by atoms with E-state index in [0.717, 1.165) is 5.56 Å². The zero-order valence-electron chi connectivity index (χ0n) is 25.0. The van der Waals surface area contributed by atoms with Gasteiger partial charge in [-0.25, -0.2) is 19.2 Å². The van der Waals surface area contributed by atoms with Crippen molar-refractivity contribution in [1.82, 2.24) is 29.3 Å². The Balaban J connectivity index is 1.80. The van der Waals surface area contributed by atoms with Gasteiger partial charge in [0.25, 0.3) is 11.5 Å². The van der Waals surface area contributed by atoms with Gasteiger partial charge in [-0.2, -0.15) is 0 Å². The first-order valence-electron chi connectivity index (χ1n) is 13.4. The normalized spacial score (nSPS) is 12.4. The summed E-state index contributed by atoms with van der Waals surface area (Å²) in [5, 5.41) is 2.51. The highest BCUT2D eigenvalue weighted by Gasteiger charge is 2.25. The Kier molecular flexibility index (Phi) is 10.2. The highest BCUT2D eigenvalue weighted by Crippen LogP contribution is 2.27. The first-order chi connectivity index (χ1) is 19.6. The van der Waals surface area contributed by atoms with Gasteiger partial charge >= 0.3 is 6.09 Å². The molecule has 42 heavy (non-hydrogen) atoms. The van der Waals surface area contributed by atoms with E-state index in [1.54, 1.807) is 20.2 Å². The van der Waals surface area contributed by atoms with Crippen LogP contribution in [-0.4, -0.2) is 81.5 Å². The van der Waals surface area contributed by atoms with Crippen LogP contribution in [0.1, 0.15) is 45.0 Å². The third-order valence-electron chi connectivity index (χ3n) is 6.09. The molecule has 0 bridgehead atoms. The van der Waals surface area contributed by atoms with E-state index in [1.807, 2.05) is 0 Å². The zero-order chi connectivity index (χ0) is 31.2. The standard InChI is InChI=1S/C29H38FN7O5/c1-29(2,3)14-18-12-19(30)13-20-25(18)34-23(32-20)16-37-17-31-15-21(27(37)40)33-26(39)22(42-28(41)36(6)7)10-8-9-11-24(38)35(4)5/h9,11-13,15,17,22H,8,10,14,16H2,1-7H3,(H,32,34)(H,33,39)/b11-9+. The topological polar surface area (TPSA) is 143 Å². The van der Waals surface area contributed by atoms with Crippen LogP contribution in [0.4, 0.5) is 14.9 Å². The largest absolute Gasteiger partial charge is 0.436 e. The first-order valence-corrected chi connectivity index (χ1v) is 13.4. The number of nitrogens with one attached hydrogen (secondary N) is 2. The van der Waals surface area contributed by atoms with Crippen LogP contribution in [0, 0.1) is 11.2 Å². The van der Waals surface area contributed by atoms with Gasteiger partial charge in [0.05, 0.1) is 30.1 Å². The number of H-pyrrole nitrogens is 1. The molecule has 2 aromatic heterocycles. The van der Waals surface area contributed by atoms with Crippen molar-refractivity contribution in [3.8, 4) is 0 Å². The summed E-state index contributed by atoms with van der Waals surface area (Å²) in [6, 6.07) is 2.81. The summed E-state index contributed by atoms with van der Waals surface area (Å²) in [7, 11) is 6.18. The van der Waals surface area contributed by atoms with E-state index in [-0.39, 0.29) is 36.4 Å². The van der Waals surface area contributed by atoms with Gasteiger partial charge in [0.1, 0.15) is 17.3 Å². The number of ether oxygens (including phenoxy) is 1. The third kappa shape index (κ3) is 8.72. The number of anilines is 1. The van der Waals surface area contributed by atoms with E-state index in [1.165, 1.54) is 59.2 Å². The SMILES string of the molecule is CN(C)C(=O)/C=C/CCC(OC(=O)N(C)C)C(=O)Nc1cncn(Cc2nc3cc(F)cc(CC(C)(C)C)c3[nH]2)c1=O. The maximum atomic E-state index is 14.3. The molecular weight excluding hydrogens is 545 g/mol. The average Bonchev–Trinajstić information content (AvgIpc) is 3.29. The van der Waals surface area contributed by atoms with Gasteiger partial charge in [-0.15, -0.1) is 0 Å². The molecule has 0 aliphatic carbocycles. The van der Waals surface area contributed by atoms with Crippen LogP contribution in [0.15, 0.2) is 41.6 Å². The number of hydrogen-bond acceptors (Lipinski definition) is 7. The van der Waals surface area contributed by atoms with Gasteiger partial charge in [0, 0.05) is 34.3 Å². The van der Waals surface area contributed by atoms with E-state index < -0.39 is 29.5 Å². The van der Waals surface area contributed by atoms with E-state index >= 15 is 0 Å².